The van der Waals surface area contributed by atoms with Gasteiger partial charge in [-0.2, -0.15) is 0 Å². The highest BCUT2D eigenvalue weighted by Gasteiger charge is 2.14. The van der Waals surface area contributed by atoms with Gasteiger partial charge in [-0.3, -0.25) is 4.79 Å². The minimum atomic E-state index is -0.462. The predicted molar refractivity (Wildman–Crippen MR) is 73.8 cm³/mol. The summed E-state index contributed by atoms with van der Waals surface area (Å²) in [5.41, 5.74) is 1.26. The first-order valence-electron chi connectivity index (χ1n) is 6.56. The van der Waals surface area contributed by atoms with Crippen molar-refractivity contribution in [3.05, 3.63) is 29.8 Å². The number of hydrogen-bond donors (Lipinski definition) is 1. The third-order valence-corrected chi connectivity index (χ3v) is 2.70. The Hall–Kier alpha value is -1.51. The van der Waals surface area contributed by atoms with Gasteiger partial charge in [0.25, 0.3) is 5.91 Å². The Balaban J connectivity index is 2.47. The van der Waals surface area contributed by atoms with Crippen LogP contribution < -0.4 is 10.1 Å². The van der Waals surface area contributed by atoms with Crippen molar-refractivity contribution in [1.29, 1.82) is 0 Å². The van der Waals surface area contributed by atoms with Crippen LogP contribution in [0.1, 0.15) is 33.3 Å². The average molecular weight is 249 g/mol. The van der Waals surface area contributed by atoms with Gasteiger partial charge in [0.05, 0.1) is 0 Å². The van der Waals surface area contributed by atoms with E-state index in [4.69, 9.17) is 4.74 Å². The van der Waals surface area contributed by atoms with Crippen molar-refractivity contribution in [3.8, 4) is 5.75 Å². The van der Waals surface area contributed by atoms with E-state index in [2.05, 4.69) is 26.1 Å². The molecule has 0 spiro atoms. The highest BCUT2D eigenvalue weighted by atomic mass is 16.5. The summed E-state index contributed by atoms with van der Waals surface area (Å²) in [6.45, 7) is 8.69. The third kappa shape index (κ3) is 4.78. The van der Waals surface area contributed by atoms with Gasteiger partial charge in [-0.05, 0) is 37.0 Å². The van der Waals surface area contributed by atoms with Crippen molar-refractivity contribution >= 4 is 5.91 Å². The highest BCUT2D eigenvalue weighted by molar-refractivity contribution is 5.80. The van der Waals surface area contributed by atoms with E-state index >= 15 is 0 Å². The number of nitrogens with one attached hydrogen (secondary N) is 1. The van der Waals surface area contributed by atoms with Gasteiger partial charge in [-0.1, -0.05) is 32.9 Å². The summed E-state index contributed by atoms with van der Waals surface area (Å²) >= 11 is 0. The summed E-state index contributed by atoms with van der Waals surface area (Å²) in [6.07, 6.45) is 0.543. The van der Waals surface area contributed by atoms with Crippen molar-refractivity contribution < 1.29 is 9.53 Å². The number of hydrogen-bond acceptors (Lipinski definition) is 2. The van der Waals surface area contributed by atoms with Gasteiger partial charge in [-0.25, -0.2) is 0 Å². The number of carbonyl (C=O) groups is 1. The van der Waals surface area contributed by atoms with Crippen LogP contribution in [0.25, 0.3) is 0 Å². The molecular weight excluding hydrogens is 226 g/mol. The molecule has 0 heterocycles. The molecule has 100 valence electrons. The molecular formula is C15H23NO2. The largest absolute Gasteiger partial charge is 0.481 e. The van der Waals surface area contributed by atoms with E-state index in [1.165, 1.54) is 5.56 Å². The smallest absolute Gasteiger partial charge is 0.260 e. The molecule has 0 aromatic heterocycles. The van der Waals surface area contributed by atoms with E-state index in [1.54, 1.807) is 6.92 Å². The van der Waals surface area contributed by atoms with Gasteiger partial charge in [-0.15, -0.1) is 0 Å². The van der Waals surface area contributed by atoms with E-state index in [9.17, 15) is 4.79 Å². The van der Waals surface area contributed by atoms with Crippen LogP contribution in [0, 0.1) is 5.92 Å². The second kappa shape index (κ2) is 7.04. The van der Waals surface area contributed by atoms with Gasteiger partial charge < -0.3 is 10.1 Å². The summed E-state index contributed by atoms with van der Waals surface area (Å²) < 4.78 is 5.60. The van der Waals surface area contributed by atoms with Gasteiger partial charge in [0.2, 0.25) is 0 Å². The van der Waals surface area contributed by atoms with Crippen LogP contribution in [-0.4, -0.2) is 18.6 Å². The molecule has 0 aliphatic rings. The Morgan fingerprint density at radius 1 is 1.22 bits per heavy atom. The fraction of sp³-hybridized carbons (Fsp3) is 0.533. The first-order chi connectivity index (χ1) is 8.52. The first-order valence-corrected chi connectivity index (χ1v) is 6.56. The Kier molecular flexibility index (Phi) is 5.69. The minimum Gasteiger partial charge on any atom is -0.481 e. The standard InChI is InChI=1S/C15H23NO2/c1-5-13-6-8-14(9-7-13)18-12(4)15(17)16-10-11(2)3/h6-9,11-12H,5,10H2,1-4H3,(H,16,17). The molecule has 3 nitrogen and oxygen atoms in total. The lowest BCUT2D eigenvalue weighted by atomic mass is 10.2. The quantitative estimate of drug-likeness (QED) is 0.842. The van der Waals surface area contributed by atoms with Crippen LogP contribution >= 0.6 is 0 Å². The maximum absolute atomic E-state index is 11.7. The molecule has 0 fully saturated rings. The van der Waals surface area contributed by atoms with Crippen LogP contribution in [0.15, 0.2) is 24.3 Å². The maximum atomic E-state index is 11.7. The molecule has 0 aliphatic carbocycles. The monoisotopic (exact) mass is 249 g/mol. The molecule has 1 aromatic rings. The summed E-state index contributed by atoms with van der Waals surface area (Å²) in [5.74, 6) is 1.12. The Labute approximate surface area is 110 Å². The second-order valence-corrected chi connectivity index (χ2v) is 4.90. The molecule has 18 heavy (non-hydrogen) atoms. The van der Waals surface area contributed by atoms with E-state index in [0.29, 0.717) is 12.5 Å². The number of carbonyl (C=O) groups excluding carboxylic acids is 1. The van der Waals surface area contributed by atoms with Gasteiger partial charge in [0.1, 0.15) is 5.75 Å². The third-order valence-electron chi connectivity index (χ3n) is 2.70. The molecule has 1 rings (SSSR count). The number of ether oxygens (including phenoxy) is 1. The summed E-state index contributed by atoms with van der Waals surface area (Å²) in [4.78, 5) is 11.7. The lowest BCUT2D eigenvalue weighted by molar-refractivity contribution is -0.127. The molecule has 0 aliphatic heterocycles. The van der Waals surface area contributed by atoms with E-state index in [0.717, 1.165) is 12.2 Å². The predicted octanol–water partition coefficient (Wildman–Crippen LogP) is 2.79. The lowest BCUT2D eigenvalue weighted by Gasteiger charge is -2.15. The van der Waals surface area contributed by atoms with Crippen LogP contribution in [-0.2, 0) is 11.2 Å². The van der Waals surface area contributed by atoms with E-state index < -0.39 is 6.10 Å². The van der Waals surface area contributed by atoms with Crippen molar-refractivity contribution in [2.75, 3.05) is 6.54 Å². The Morgan fingerprint density at radius 3 is 2.33 bits per heavy atom. The molecule has 1 aromatic carbocycles. The molecule has 0 saturated carbocycles. The first kappa shape index (κ1) is 14.6. The van der Waals surface area contributed by atoms with Crippen molar-refractivity contribution in [2.45, 2.75) is 40.2 Å². The fourth-order valence-corrected chi connectivity index (χ4v) is 1.51. The Morgan fingerprint density at radius 2 is 1.83 bits per heavy atom. The second-order valence-electron chi connectivity index (χ2n) is 4.90. The normalized spacial score (nSPS) is 12.3. The topological polar surface area (TPSA) is 38.3 Å². The van der Waals surface area contributed by atoms with Crippen molar-refractivity contribution in [1.82, 2.24) is 5.32 Å². The average Bonchev–Trinajstić information content (AvgIpc) is 2.36. The fourth-order valence-electron chi connectivity index (χ4n) is 1.51. The Bertz CT molecular complexity index is 371. The minimum absolute atomic E-state index is 0.0664. The molecule has 1 unspecified atom stereocenters. The molecule has 1 atom stereocenters. The summed E-state index contributed by atoms with van der Waals surface area (Å²) in [5, 5.41) is 2.86. The van der Waals surface area contributed by atoms with E-state index in [1.807, 2.05) is 24.3 Å². The lowest BCUT2D eigenvalue weighted by Crippen LogP contribution is -2.38. The number of amides is 1. The molecule has 0 saturated heterocycles. The van der Waals surface area contributed by atoms with Gasteiger partial charge >= 0.3 is 0 Å². The van der Waals surface area contributed by atoms with Gasteiger partial charge in [0.15, 0.2) is 6.10 Å². The maximum Gasteiger partial charge on any atom is 0.260 e. The number of rotatable bonds is 6. The molecule has 0 radical (unpaired) electrons. The van der Waals surface area contributed by atoms with E-state index in [-0.39, 0.29) is 5.91 Å². The SMILES string of the molecule is CCc1ccc(OC(C)C(=O)NCC(C)C)cc1. The van der Waals surface area contributed by atoms with Crippen LogP contribution in [0.4, 0.5) is 0 Å². The summed E-state index contributed by atoms with van der Waals surface area (Å²) in [7, 11) is 0. The molecule has 1 amide bonds. The van der Waals surface area contributed by atoms with Gasteiger partial charge in [0, 0.05) is 6.54 Å². The summed E-state index contributed by atoms with van der Waals surface area (Å²) in [6, 6.07) is 7.86. The number of benzene rings is 1. The van der Waals surface area contributed by atoms with Crippen LogP contribution in [0.5, 0.6) is 5.75 Å². The van der Waals surface area contributed by atoms with Crippen molar-refractivity contribution in [3.63, 3.8) is 0 Å². The van der Waals surface area contributed by atoms with Crippen LogP contribution in [0.2, 0.25) is 0 Å². The zero-order chi connectivity index (χ0) is 13.5. The molecule has 3 heteroatoms. The van der Waals surface area contributed by atoms with Crippen molar-refractivity contribution in [2.24, 2.45) is 5.92 Å². The zero-order valence-corrected chi connectivity index (χ0v) is 11.7. The van der Waals surface area contributed by atoms with Crippen LogP contribution in [0.3, 0.4) is 0 Å². The number of aryl methyl sites for hydroxylation is 1. The molecule has 0 bridgehead atoms. The zero-order valence-electron chi connectivity index (χ0n) is 11.7. The molecule has 1 N–H and O–H groups in total. The highest BCUT2D eigenvalue weighted by Crippen LogP contribution is 2.14.